The SMILES string of the molecule is Cc1ccc(S(=O)(=O)N(c2ccc(C)c(C)c2)C(C)C)o1. The van der Waals surface area contributed by atoms with Crippen LogP contribution in [0.2, 0.25) is 0 Å². The topological polar surface area (TPSA) is 50.5 Å². The first-order valence-corrected chi connectivity index (χ1v) is 8.35. The molecule has 2 rings (SSSR count). The number of benzene rings is 1. The fraction of sp³-hybridized carbons (Fsp3) is 0.375. The van der Waals surface area contributed by atoms with E-state index in [0.717, 1.165) is 11.1 Å². The largest absolute Gasteiger partial charge is 0.448 e. The summed E-state index contributed by atoms with van der Waals surface area (Å²) < 4.78 is 32.4. The molecule has 0 aliphatic rings. The van der Waals surface area contributed by atoms with Crippen LogP contribution in [0.3, 0.4) is 0 Å². The van der Waals surface area contributed by atoms with E-state index in [1.807, 2.05) is 45.9 Å². The van der Waals surface area contributed by atoms with E-state index in [1.165, 1.54) is 10.4 Å². The third-order valence-corrected chi connectivity index (χ3v) is 5.32. The molecule has 1 aromatic carbocycles. The van der Waals surface area contributed by atoms with Gasteiger partial charge in [-0.25, -0.2) is 0 Å². The second-order valence-corrected chi connectivity index (χ2v) is 7.27. The second kappa shape index (κ2) is 5.56. The van der Waals surface area contributed by atoms with Crippen molar-refractivity contribution in [3.63, 3.8) is 0 Å². The van der Waals surface area contributed by atoms with Gasteiger partial charge in [0.2, 0.25) is 5.09 Å². The van der Waals surface area contributed by atoms with Gasteiger partial charge < -0.3 is 4.42 Å². The van der Waals surface area contributed by atoms with E-state index in [2.05, 4.69) is 0 Å². The third-order valence-electron chi connectivity index (χ3n) is 3.44. The number of hydrogen-bond acceptors (Lipinski definition) is 3. The fourth-order valence-electron chi connectivity index (χ4n) is 2.22. The molecule has 1 heterocycles. The average molecular weight is 307 g/mol. The van der Waals surface area contributed by atoms with Gasteiger partial charge in [0, 0.05) is 6.04 Å². The Morgan fingerprint density at radius 2 is 1.67 bits per heavy atom. The lowest BCUT2D eigenvalue weighted by Crippen LogP contribution is -2.36. The Labute approximate surface area is 126 Å². The lowest BCUT2D eigenvalue weighted by molar-refractivity contribution is 0.426. The van der Waals surface area contributed by atoms with Crippen molar-refractivity contribution in [2.24, 2.45) is 0 Å². The van der Waals surface area contributed by atoms with E-state index < -0.39 is 10.0 Å². The average Bonchev–Trinajstić information content (AvgIpc) is 2.80. The van der Waals surface area contributed by atoms with E-state index in [9.17, 15) is 8.42 Å². The first-order chi connectivity index (χ1) is 9.73. The Kier molecular flexibility index (Phi) is 4.14. The van der Waals surface area contributed by atoms with Crippen LogP contribution in [0.1, 0.15) is 30.7 Å². The molecular weight excluding hydrogens is 286 g/mol. The fourth-order valence-corrected chi connectivity index (χ4v) is 3.84. The van der Waals surface area contributed by atoms with Crippen LogP contribution in [-0.2, 0) is 10.0 Å². The van der Waals surface area contributed by atoms with Crippen molar-refractivity contribution < 1.29 is 12.8 Å². The molecular formula is C16H21NO3S. The molecule has 4 nitrogen and oxygen atoms in total. The molecule has 21 heavy (non-hydrogen) atoms. The molecule has 0 atom stereocenters. The zero-order chi connectivity index (χ0) is 15.8. The second-order valence-electron chi connectivity index (χ2n) is 5.53. The third kappa shape index (κ3) is 2.97. The molecule has 0 N–H and O–H groups in total. The molecule has 0 aliphatic carbocycles. The minimum atomic E-state index is -3.70. The predicted octanol–water partition coefficient (Wildman–Crippen LogP) is 3.81. The molecule has 5 heteroatoms. The molecule has 0 saturated carbocycles. The molecule has 0 unspecified atom stereocenters. The highest BCUT2D eigenvalue weighted by Gasteiger charge is 2.30. The van der Waals surface area contributed by atoms with Crippen molar-refractivity contribution in [1.29, 1.82) is 0 Å². The first-order valence-electron chi connectivity index (χ1n) is 6.91. The number of anilines is 1. The van der Waals surface area contributed by atoms with Crippen LogP contribution in [0.5, 0.6) is 0 Å². The summed E-state index contributed by atoms with van der Waals surface area (Å²) in [7, 11) is -3.70. The van der Waals surface area contributed by atoms with Crippen molar-refractivity contribution >= 4 is 15.7 Å². The standard InChI is InChI=1S/C16H21NO3S/c1-11(2)17(15-8-6-12(3)13(4)10-15)21(18,19)16-9-7-14(5)20-16/h6-11H,1-5H3. The van der Waals surface area contributed by atoms with Crippen molar-refractivity contribution in [3.8, 4) is 0 Å². The molecule has 0 aliphatic heterocycles. The van der Waals surface area contributed by atoms with Crippen LogP contribution in [0, 0.1) is 20.8 Å². The van der Waals surface area contributed by atoms with Gasteiger partial charge in [-0.05, 0) is 70.0 Å². The van der Waals surface area contributed by atoms with Gasteiger partial charge in [0.15, 0.2) is 0 Å². The van der Waals surface area contributed by atoms with Gasteiger partial charge in [0.25, 0.3) is 10.0 Å². The Morgan fingerprint density at radius 1 is 1.00 bits per heavy atom. The van der Waals surface area contributed by atoms with Gasteiger partial charge in [-0.1, -0.05) is 6.07 Å². The van der Waals surface area contributed by atoms with Crippen LogP contribution >= 0.6 is 0 Å². The molecule has 0 radical (unpaired) electrons. The van der Waals surface area contributed by atoms with E-state index in [0.29, 0.717) is 11.4 Å². The van der Waals surface area contributed by atoms with Gasteiger partial charge in [0.05, 0.1) is 5.69 Å². The summed E-state index contributed by atoms with van der Waals surface area (Å²) in [4.78, 5) is 0. The maximum atomic E-state index is 12.8. The Bertz CT molecular complexity index is 745. The molecule has 2 aromatic rings. The highest BCUT2D eigenvalue weighted by molar-refractivity contribution is 7.92. The summed E-state index contributed by atoms with van der Waals surface area (Å²) >= 11 is 0. The van der Waals surface area contributed by atoms with Gasteiger partial charge in [-0.3, -0.25) is 4.31 Å². The Balaban J connectivity index is 2.55. The maximum absolute atomic E-state index is 12.8. The molecule has 0 spiro atoms. The van der Waals surface area contributed by atoms with Gasteiger partial charge in [-0.2, -0.15) is 8.42 Å². The van der Waals surface area contributed by atoms with Crippen LogP contribution in [-0.4, -0.2) is 14.5 Å². The number of sulfonamides is 1. The van der Waals surface area contributed by atoms with E-state index in [1.54, 1.807) is 13.0 Å². The number of furan rings is 1. The summed E-state index contributed by atoms with van der Waals surface area (Å²) in [5.74, 6) is 0.581. The van der Waals surface area contributed by atoms with Crippen LogP contribution < -0.4 is 4.31 Å². The number of hydrogen-bond donors (Lipinski definition) is 0. The summed E-state index contributed by atoms with van der Waals surface area (Å²) in [5, 5.41) is -0.0214. The van der Waals surface area contributed by atoms with Crippen molar-refractivity contribution in [2.45, 2.75) is 45.8 Å². The minimum absolute atomic E-state index is 0.0214. The molecule has 0 bridgehead atoms. The van der Waals surface area contributed by atoms with Crippen LogP contribution in [0.25, 0.3) is 0 Å². The van der Waals surface area contributed by atoms with Crippen LogP contribution in [0.15, 0.2) is 39.8 Å². The van der Waals surface area contributed by atoms with E-state index in [4.69, 9.17) is 4.42 Å². The predicted molar refractivity (Wildman–Crippen MR) is 84.2 cm³/mol. The lowest BCUT2D eigenvalue weighted by atomic mass is 10.1. The van der Waals surface area contributed by atoms with Crippen molar-refractivity contribution in [3.05, 3.63) is 47.2 Å². The first kappa shape index (κ1) is 15.6. The summed E-state index contributed by atoms with van der Waals surface area (Å²) in [5.41, 5.74) is 2.85. The number of rotatable bonds is 4. The highest BCUT2D eigenvalue weighted by Crippen LogP contribution is 2.28. The van der Waals surface area contributed by atoms with Crippen molar-refractivity contribution in [1.82, 2.24) is 0 Å². The molecule has 0 amide bonds. The van der Waals surface area contributed by atoms with Crippen LogP contribution in [0.4, 0.5) is 5.69 Å². The highest BCUT2D eigenvalue weighted by atomic mass is 32.2. The zero-order valence-corrected chi connectivity index (χ0v) is 13.9. The monoisotopic (exact) mass is 307 g/mol. The summed E-state index contributed by atoms with van der Waals surface area (Å²) in [6.07, 6.45) is 0. The van der Waals surface area contributed by atoms with Gasteiger partial charge in [-0.15, -0.1) is 0 Å². The van der Waals surface area contributed by atoms with E-state index >= 15 is 0 Å². The smallest absolute Gasteiger partial charge is 0.298 e. The molecule has 0 saturated heterocycles. The maximum Gasteiger partial charge on any atom is 0.298 e. The molecule has 114 valence electrons. The van der Waals surface area contributed by atoms with E-state index in [-0.39, 0.29) is 11.1 Å². The molecule has 1 aromatic heterocycles. The summed E-state index contributed by atoms with van der Waals surface area (Å²) in [6.45, 7) is 9.41. The number of nitrogens with zero attached hydrogens (tertiary/aromatic N) is 1. The van der Waals surface area contributed by atoms with Gasteiger partial charge in [0.1, 0.15) is 5.76 Å². The minimum Gasteiger partial charge on any atom is -0.448 e. The zero-order valence-electron chi connectivity index (χ0n) is 13.0. The summed E-state index contributed by atoms with van der Waals surface area (Å²) in [6, 6.07) is 8.61. The lowest BCUT2D eigenvalue weighted by Gasteiger charge is -2.27. The Morgan fingerprint density at radius 3 is 2.14 bits per heavy atom. The molecule has 0 fully saturated rings. The van der Waals surface area contributed by atoms with Crippen molar-refractivity contribution in [2.75, 3.05) is 4.31 Å². The normalized spacial score (nSPS) is 11.9. The quantitative estimate of drug-likeness (QED) is 0.863. The number of aryl methyl sites for hydroxylation is 3. The van der Waals surface area contributed by atoms with Gasteiger partial charge >= 0.3 is 0 Å². The Hall–Kier alpha value is -1.75.